The monoisotopic (exact) mass is 408 g/mol. The summed E-state index contributed by atoms with van der Waals surface area (Å²) < 4.78 is 0. The van der Waals surface area contributed by atoms with Crippen molar-refractivity contribution in [3.63, 3.8) is 0 Å². The molecular weight excluding hydrogens is 395 g/mol. The Hall–Kier alpha value is -3.26. The smallest absolute Gasteiger partial charge is 0.271 e. The highest BCUT2D eigenvalue weighted by Crippen LogP contribution is 2.23. The van der Waals surface area contributed by atoms with E-state index in [4.69, 9.17) is 23.2 Å². The molecule has 3 aromatic rings. The zero-order chi connectivity index (χ0) is 19.9. The van der Waals surface area contributed by atoms with Crippen molar-refractivity contribution in [1.29, 1.82) is 0 Å². The van der Waals surface area contributed by atoms with Crippen LogP contribution in [-0.2, 0) is 0 Å². The van der Waals surface area contributed by atoms with Crippen molar-refractivity contribution in [2.24, 2.45) is 5.10 Å². The Bertz CT molecular complexity index is 1100. The number of halogens is 2. The fraction of sp³-hybridized carbons (Fsp3) is 0. The minimum Gasteiger partial charge on any atom is -0.506 e. The second kappa shape index (κ2) is 9.09. The van der Waals surface area contributed by atoms with E-state index in [1.807, 2.05) is 36.4 Å². The van der Waals surface area contributed by atoms with Gasteiger partial charge in [0.15, 0.2) is 0 Å². The lowest BCUT2D eigenvalue weighted by molar-refractivity contribution is 0.0955. The molecule has 1 amide bonds. The maximum atomic E-state index is 12.1. The van der Waals surface area contributed by atoms with Gasteiger partial charge in [-0.3, -0.25) is 4.79 Å². The molecular formula is C22H14Cl2N2O2. The van der Waals surface area contributed by atoms with E-state index < -0.39 is 5.91 Å². The normalized spacial score (nSPS) is 10.4. The van der Waals surface area contributed by atoms with Gasteiger partial charge in [0, 0.05) is 21.7 Å². The third-order valence-corrected chi connectivity index (χ3v) is 4.23. The summed E-state index contributed by atoms with van der Waals surface area (Å²) in [6, 6.07) is 18.9. The van der Waals surface area contributed by atoms with Gasteiger partial charge in [-0.25, -0.2) is 5.43 Å². The first-order chi connectivity index (χ1) is 13.5. The predicted molar refractivity (Wildman–Crippen MR) is 112 cm³/mol. The molecule has 0 saturated carbocycles. The van der Waals surface area contributed by atoms with Crippen molar-refractivity contribution in [2.75, 3.05) is 0 Å². The van der Waals surface area contributed by atoms with Crippen LogP contribution in [0.15, 0.2) is 71.8 Å². The fourth-order valence-corrected chi connectivity index (χ4v) is 2.56. The molecule has 0 aliphatic heterocycles. The Kier molecular flexibility index (Phi) is 6.33. The summed E-state index contributed by atoms with van der Waals surface area (Å²) in [5.74, 6) is 5.62. The zero-order valence-electron chi connectivity index (χ0n) is 14.5. The van der Waals surface area contributed by atoms with Crippen molar-refractivity contribution in [1.82, 2.24) is 5.43 Å². The van der Waals surface area contributed by atoms with Crippen LogP contribution in [0, 0.1) is 11.8 Å². The minimum absolute atomic E-state index is 0.0850. The number of nitrogens with zero attached hydrogens (tertiary/aromatic N) is 1. The molecule has 0 atom stereocenters. The Morgan fingerprint density at radius 3 is 2.46 bits per heavy atom. The van der Waals surface area contributed by atoms with E-state index in [2.05, 4.69) is 22.4 Å². The van der Waals surface area contributed by atoms with Crippen molar-refractivity contribution in [2.45, 2.75) is 0 Å². The zero-order valence-corrected chi connectivity index (χ0v) is 16.0. The minimum atomic E-state index is -0.433. The highest BCUT2D eigenvalue weighted by Gasteiger charge is 2.07. The summed E-state index contributed by atoms with van der Waals surface area (Å²) in [5.41, 5.74) is 5.18. The Morgan fingerprint density at radius 1 is 0.964 bits per heavy atom. The lowest BCUT2D eigenvalue weighted by Gasteiger charge is -2.02. The average molecular weight is 409 g/mol. The SMILES string of the molecule is O=C(N/N=C/c1cccc(C#Cc2ccc(Cl)cc2)c1)c1ccc(O)c(Cl)c1. The van der Waals surface area contributed by atoms with E-state index >= 15 is 0 Å². The molecule has 0 bridgehead atoms. The molecule has 0 fully saturated rings. The number of rotatable bonds is 3. The summed E-state index contributed by atoms with van der Waals surface area (Å²) in [5, 5.41) is 14.1. The van der Waals surface area contributed by atoms with Crippen molar-refractivity contribution >= 4 is 35.3 Å². The molecule has 138 valence electrons. The first kappa shape index (κ1) is 19.5. The summed E-state index contributed by atoms with van der Waals surface area (Å²) in [4.78, 5) is 12.1. The van der Waals surface area contributed by atoms with Gasteiger partial charge >= 0.3 is 0 Å². The maximum absolute atomic E-state index is 12.1. The van der Waals surface area contributed by atoms with E-state index in [1.54, 1.807) is 12.1 Å². The number of carbonyl (C=O) groups is 1. The number of amides is 1. The molecule has 4 nitrogen and oxygen atoms in total. The quantitative estimate of drug-likeness (QED) is 0.369. The summed E-state index contributed by atoms with van der Waals surface area (Å²) in [6.07, 6.45) is 1.52. The topological polar surface area (TPSA) is 61.7 Å². The molecule has 2 N–H and O–H groups in total. The van der Waals surface area contributed by atoms with Gasteiger partial charge in [0.05, 0.1) is 11.2 Å². The Balaban J connectivity index is 1.66. The van der Waals surface area contributed by atoms with Gasteiger partial charge in [-0.15, -0.1) is 0 Å². The van der Waals surface area contributed by atoms with Crippen LogP contribution in [0.2, 0.25) is 10.0 Å². The van der Waals surface area contributed by atoms with Crippen molar-refractivity contribution in [3.8, 4) is 17.6 Å². The maximum Gasteiger partial charge on any atom is 0.271 e. The molecule has 3 rings (SSSR count). The molecule has 0 saturated heterocycles. The molecule has 0 aromatic heterocycles. The highest BCUT2D eigenvalue weighted by molar-refractivity contribution is 6.32. The number of phenols is 1. The van der Waals surface area contributed by atoms with E-state index in [0.717, 1.165) is 16.7 Å². The third-order valence-electron chi connectivity index (χ3n) is 3.67. The van der Waals surface area contributed by atoms with E-state index in [-0.39, 0.29) is 10.8 Å². The average Bonchev–Trinajstić information content (AvgIpc) is 2.70. The molecule has 0 unspecified atom stereocenters. The number of benzene rings is 3. The lowest BCUT2D eigenvalue weighted by atomic mass is 10.1. The molecule has 0 spiro atoms. The second-order valence-electron chi connectivity index (χ2n) is 5.75. The van der Waals surface area contributed by atoms with Gasteiger partial charge in [-0.2, -0.15) is 5.10 Å². The van der Waals surface area contributed by atoms with Crippen molar-refractivity contribution < 1.29 is 9.90 Å². The third kappa shape index (κ3) is 5.37. The van der Waals surface area contributed by atoms with E-state index in [1.165, 1.54) is 24.4 Å². The van der Waals surface area contributed by atoms with Crippen LogP contribution in [0.25, 0.3) is 0 Å². The van der Waals surface area contributed by atoms with Crippen LogP contribution in [0.1, 0.15) is 27.0 Å². The van der Waals surface area contributed by atoms with Crippen LogP contribution in [0.4, 0.5) is 0 Å². The summed E-state index contributed by atoms with van der Waals surface area (Å²) in [7, 11) is 0. The molecule has 0 radical (unpaired) electrons. The number of carbonyl (C=O) groups excluding carboxylic acids is 1. The van der Waals surface area contributed by atoms with Crippen LogP contribution in [-0.4, -0.2) is 17.2 Å². The van der Waals surface area contributed by atoms with Crippen LogP contribution >= 0.6 is 23.2 Å². The number of phenolic OH excluding ortho intramolecular Hbond substituents is 1. The predicted octanol–water partition coefficient (Wildman–Crippen LogP) is 4.86. The van der Waals surface area contributed by atoms with Gasteiger partial charge in [0.25, 0.3) is 5.91 Å². The molecule has 0 aliphatic carbocycles. The van der Waals surface area contributed by atoms with Crippen LogP contribution < -0.4 is 5.43 Å². The number of hydrogen-bond acceptors (Lipinski definition) is 3. The molecule has 0 aliphatic rings. The number of nitrogens with one attached hydrogen (secondary N) is 1. The molecule has 0 heterocycles. The standard InChI is InChI=1S/C22H14Cl2N2O2/c23-19-9-6-15(7-10-19)4-5-16-2-1-3-17(12-16)14-25-26-22(28)18-8-11-21(27)20(24)13-18/h1-3,6-14,27H,(H,26,28)/b25-14+. The van der Waals surface area contributed by atoms with Gasteiger partial charge in [0.1, 0.15) is 5.75 Å². The lowest BCUT2D eigenvalue weighted by Crippen LogP contribution is -2.17. The largest absolute Gasteiger partial charge is 0.506 e. The Morgan fingerprint density at radius 2 is 1.71 bits per heavy atom. The van der Waals surface area contributed by atoms with Gasteiger partial charge < -0.3 is 5.11 Å². The molecule has 6 heteroatoms. The van der Waals surface area contributed by atoms with Gasteiger partial charge in [-0.1, -0.05) is 47.2 Å². The van der Waals surface area contributed by atoms with E-state index in [9.17, 15) is 9.90 Å². The molecule has 3 aromatic carbocycles. The van der Waals surface area contributed by atoms with Crippen LogP contribution in [0.3, 0.4) is 0 Å². The Labute approximate surface area is 172 Å². The second-order valence-corrected chi connectivity index (χ2v) is 6.59. The van der Waals surface area contributed by atoms with Crippen molar-refractivity contribution in [3.05, 3.63) is 99.0 Å². The molecule has 28 heavy (non-hydrogen) atoms. The number of hydrazone groups is 1. The first-order valence-corrected chi connectivity index (χ1v) is 8.96. The number of aromatic hydroxyl groups is 1. The van der Waals surface area contributed by atoms with Gasteiger partial charge in [0.2, 0.25) is 0 Å². The highest BCUT2D eigenvalue weighted by atomic mass is 35.5. The van der Waals surface area contributed by atoms with E-state index in [0.29, 0.717) is 10.6 Å². The summed E-state index contributed by atoms with van der Waals surface area (Å²) >= 11 is 11.7. The van der Waals surface area contributed by atoms with Gasteiger partial charge in [-0.05, 0) is 60.2 Å². The summed E-state index contributed by atoms with van der Waals surface area (Å²) in [6.45, 7) is 0. The van der Waals surface area contributed by atoms with Crippen LogP contribution in [0.5, 0.6) is 5.75 Å². The number of hydrogen-bond donors (Lipinski definition) is 2. The fourth-order valence-electron chi connectivity index (χ4n) is 2.25. The first-order valence-electron chi connectivity index (χ1n) is 8.21.